The third-order valence-electron chi connectivity index (χ3n) is 2.62. The predicted molar refractivity (Wildman–Crippen MR) is 55.1 cm³/mol. The van der Waals surface area contributed by atoms with Crippen molar-refractivity contribution in [3.8, 4) is 0 Å². The average Bonchev–Trinajstić information content (AvgIpc) is 2.18. The normalized spacial score (nSPS) is 24.8. The number of ether oxygens (including phenoxy) is 1. The van der Waals surface area contributed by atoms with Gasteiger partial charge >= 0.3 is 0 Å². The largest absolute Gasteiger partial charge is 0.384 e. The average molecular weight is 200 g/mol. The second kappa shape index (κ2) is 5.32. The van der Waals surface area contributed by atoms with Crippen molar-refractivity contribution in [2.24, 2.45) is 5.92 Å². The van der Waals surface area contributed by atoms with Gasteiger partial charge in [-0.2, -0.15) is 0 Å². The monoisotopic (exact) mass is 200 g/mol. The van der Waals surface area contributed by atoms with E-state index < -0.39 is 0 Å². The molecular weight excluding hydrogens is 180 g/mol. The van der Waals surface area contributed by atoms with Gasteiger partial charge in [-0.05, 0) is 6.92 Å². The van der Waals surface area contributed by atoms with Gasteiger partial charge in [0.05, 0.1) is 12.5 Å². The van der Waals surface area contributed by atoms with E-state index in [4.69, 9.17) is 4.74 Å². The SMILES string of the molecule is COCC(C)C(=O)N1CCNC[C@@H]1C. The molecule has 1 N–H and O–H groups in total. The molecule has 82 valence electrons. The Morgan fingerprint density at radius 3 is 3.00 bits per heavy atom. The Labute approximate surface area is 85.6 Å². The minimum atomic E-state index is -0.0273. The molecular formula is C10H20N2O2. The van der Waals surface area contributed by atoms with Crippen LogP contribution in [-0.2, 0) is 9.53 Å². The Balaban J connectivity index is 2.49. The zero-order valence-corrected chi connectivity index (χ0v) is 9.25. The van der Waals surface area contributed by atoms with Crippen LogP contribution in [0.3, 0.4) is 0 Å². The smallest absolute Gasteiger partial charge is 0.228 e. The summed E-state index contributed by atoms with van der Waals surface area (Å²) in [5.74, 6) is 0.182. The maximum Gasteiger partial charge on any atom is 0.228 e. The Morgan fingerprint density at radius 2 is 2.43 bits per heavy atom. The lowest BCUT2D eigenvalue weighted by molar-refractivity contribution is -0.139. The van der Waals surface area contributed by atoms with Crippen molar-refractivity contribution in [1.29, 1.82) is 0 Å². The number of amides is 1. The maximum absolute atomic E-state index is 11.9. The van der Waals surface area contributed by atoms with Gasteiger partial charge in [0.1, 0.15) is 0 Å². The highest BCUT2D eigenvalue weighted by atomic mass is 16.5. The van der Waals surface area contributed by atoms with Crippen LogP contribution in [0.25, 0.3) is 0 Å². The van der Waals surface area contributed by atoms with Crippen molar-refractivity contribution < 1.29 is 9.53 Å². The van der Waals surface area contributed by atoms with E-state index in [1.807, 2.05) is 11.8 Å². The van der Waals surface area contributed by atoms with E-state index >= 15 is 0 Å². The molecule has 1 fully saturated rings. The van der Waals surface area contributed by atoms with Gasteiger partial charge in [-0.15, -0.1) is 0 Å². The fraction of sp³-hybridized carbons (Fsp3) is 0.900. The molecule has 0 aromatic heterocycles. The third kappa shape index (κ3) is 2.69. The van der Waals surface area contributed by atoms with Crippen molar-refractivity contribution in [3.63, 3.8) is 0 Å². The van der Waals surface area contributed by atoms with Crippen LogP contribution in [0.4, 0.5) is 0 Å². The van der Waals surface area contributed by atoms with Crippen LogP contribution in [0.5, 0.6) is 0 Å². The molecule has 0 bridgehead atoms. The summed E-state index contributed by atoms with van der Waals surface area (Å²) >= 11 is 0. The standard InChI is InChI=1S/C10H20N2O2/c1-8(7-14-3)10(13)12-5-4-11-6-9(12)2/h8-9,11H,4-7H2,1-3H3/t8?,9-/m0/s1. The number of nitrogens with one attached hydrogen (secondary N) is 1. The van der Waals surface area contributed by atoms with Gasteiger partial charge in [-0.25, -0.2) is 0 Å². The minimum absolute atomic E-state index is 0.0273. The van der Waals surface area contributed by atoms with Gasteiger partial charge in [0, 0.05) is 32.8 Å². The number of piperazine rings is 1. The zero-order chi connectivity index (χ0) is 10.6. The van der Waals surface area contributed by atoms with Crippen LogP contribution < -0.4 is 5.32 Å². The molecule has 0 spiro atoms. The quantitative estimate of drug-likeness (QED) is 0.702. The van der Waals surface area contributed by atoms with Crippen molar-refractivity contribution in [2.45, 2.75) is 19.9 Å². The van der Waals surface area contributed by atoms with Crippen LogP contribution in [0, 0.1) is 5.92 Å². The molecule has 0 radical (unpaired) electrons. The number of carbonyl (C=O) groups excluding carboxylic acids is 1. The predicted octanol–water partition coefficient (Wildman–Crippen LogP) is 0.0892. The summed E-state index contributed by atoms with van der Waals surface area (Å²) < 4.78 is 4.99. The highest BCUT2D eigenvalue weighted by Crippen LogP contribution is 2.09. The van der Waals surface area contributed by atoms with E-state index in [9.17, 15) is 4.79 Å². The molecule has 1 heterocycles. The van der Waals surface area contributed by atoms with Crippen LogP contribution in [0.1, 0.15) is 13.8 Å². The molecule has 4 heteroatoms. The highest BCUT2D eigenvalue weighted by molar-refractivity contribution is 5.79. The molecule has 1 unspecified atom stereocenters. The van der Waals surface area contributed by atoms with Crippen LogP contribution in [-0.4, -0.2) is 50.2 Å². The molecule has 1 rings (SSSR count). The number of rotatable bonds is 3. The van der Waals surface area contributed by atoms with Gasteiger partial charge < -0.3 is 15.0 Å². The first-order chi connectivity index (χ1) is 6.66. The van der Waals surface area contributed by atoms with Gasteiger partial charge in [-0.3, -0.25) is 4.79 Å². The van der Waals surface area contributed by atoms with E-state index in [0.29, 0.717) is 12.6 Å². The number of hydrogen-bond donors (Lipinski definition) is 1. The summed E-state index contributed by atoms with van der Waals surface area (Å²) in [4.78, 5) is 13.9. The van der Waals surface area contributed by atoms with E-state index in [-0.39, 0.29) is 11.8 Å². The van der Waals surface area contributed by atoms with E-state index in [1.54, 1.807) is 7.11 Å². The second-order valence-electron chi connectivity index (χ2n) is 3.94. The van der Waals surface area contributed by atoms with E-state index in [2.05, 4.69) is 12.2 Å². The lowest BCUT2D eigenvalue weighted by atomic mass is 10.1. The number of carbonyl (C=O) groups is 1. The molecule has 1 saturated heterocycles. The zero-order valence-electron chi connectivity index (χ0n) is 9.25. The van der Waals surface area contributed by atoms with Gasteiger partial charge in [0.25, 0.3) is 0 Å². The first-order valence-corrected chi connectivity index (χ1v) is 5.17. The van der Waals surface area contributed by atoms with Crippen LogP contribution >= 0.6 is 0 Å². The Hall–Kier alpha value is -0.610. The molecule has 1 aliphatic rings. The Kier molecular flexibility index (Phi) is 4.35. The highest BCUT2D eigenvalue weighted by Gasteiger charge is 2.26. The van der Waals surface area contributed by atoms with Crippen molar-refractivity contribution in [2.75, 3.05) is 33.4 Å². The number of methoxy groups -OCH3 is 1. The summed E-state index contributed by atoms with van der Waals surface area (Å²) in [5, 5.41) is 3.27. The first-order valence-electron chi connectivity index (χ1n) is 5.17. The van der Waals surface area contributed by atoms with Crippen molar-refractivity contribution >= 4 is 5.91 Å². The van der Waals surface area contributed by atoms with Crippen LogP contribution in [0.2, 0.25) is 0 Å². The number of hydrogen-bond acceptors (Lipinski definition) is 3. The summed E-state index contributed by atoms with van der Waals surface area (Å²) in [5.41, 5.74) is 0. The molecule has 1 aliphatic heterocycles. The van der Waals surface area contributed by atoms with E-state index in [1.165, 1.54) is 0 Å². The molecule has 14 heavy (non-hydrogen) atoms. The second-order valence-corrected chi connectivity index (χ2v) is 3.94. The molecule has 0 aliphatic carbocycles. The molecule has 0 aromatic carbocycles. The minimum Gasteiger partial charge on any atom is -0.384 e. The molecule has 2 atom stereocenters. The maximum atomic E-state index is 11.9. The lowest BCUT2D eigenvalue weighted by Crippen LogP contribution is -2.53. The first kappa shape index (κ1) is 11.5. The fourth-order valence-electron chi connectivity index (χ4n) is 1.77. The fourth-order valence-corrected chi connectivity index (χ4v) is 1.77. The summed E-state index contributed by atoms with van der Waals surface area (Å²) in [6, 6.07) is 0.301. The van der Waals surface area contributed by atoms with Gasteiger partial charge in [0.2, 0.25) is 5.91 Å². The van der Waals surface area contributed by atoms with Crippen LogP contribution in [0.15, 0.2) is 0 Å². The molecule has 4 nitrogen and oxygen atoms in total. The van der Waals surface area contributed by atoms with Crippen molar-refractivity contribution in [3.05, 3.63) is 0 Å². The molecule has 0 saturated carbocycles. The van der Waals surface area contributed by atoms with E-state index in [0.717, 1.165) is 19.6 Å². The summed E-state index contributed by atoms with van der Waals surface area (Å²) in [6.45, 7) is 7.11. The van der Waals surface area contributed by atoms with Gasteiger partial charge in [0.15, 0.2) is 0 Å². The third-order valence-corrected chi connectivity index (χ3v) is 2.62. The molecule has 0 aromatic rings. The Bertz CT molecular complexity index is 197. The summed E-state index contributed by atoms with van der Waals surface area (Å²) in [6.07, 6.45) is 0. The molecule has 1 amide bonds. The lowest BCUT2D eigenvalue weighted by Gasteiger charge is -2.35. The van der Waals surface area contributed by atoms with Crippen molar-refractivity contribution in [1.82, 2.24) is 10.2 Å². The summed E-state index contributed by atoms with van der Waals surface area (Å²) in [7, 11) is 1.63. The Morgan fingerprint density at radius 1 is 1.71 bits per heavy atom. The number of nitrogens with zero attached hydrogens (tertiary/aromatic N) is 1. The van der Waals surface area contributed by atoms with Gasteiger partial charge in [-0.1, -0.05) is 6.92 Å². The topological polar surface area (TPSA) is 41.6 Å².